The van der Waals surface area contributed by atoms with Crippen LogP contribution in [0.25, 0.3) is 11.3 Å². The summed E-state index contributed by atoms with van der Waals surface area (Å²) in [5, 5.41) is 18.3. The average Bonchev–Trinajstić information content (AvgIpc) is 3.75. The molecular formula is C35H43N5O4. The van der Waals surface area contributed by atoms with Crippen molar-refractivity contribution in [1.82, 2.24) is 25.1 Å². The van der Waals surface area contributed by atoms with Gasteiger partial charge in [-0.15, -0.1) is 0 Å². The van der Waals surface area contributed by atoms with Crippen LogP contribution in [0.4, 0.5) is 0 Å². The number of aromatic nitrogens is 2. The maximum Gasteiger partial charge on any atom is 0.275 e. The third-order valence-corrected chi connectivity index (χ3v) is 10.0. The zero-order valence-electron chi connectivity index (χ0n) is 25.3. The second-order valence-electron chi connectivity index (χ2n) is 13.0. The molecular weight excluding hydrogens is 554 g/mol. The SMILES string of the molecule is O=C1NCCc2c(OCC[C@@H]3CNCCN3C(=O)c3ncn([C@@H]4CCCC[C@@]4(O)CC4CC4)c3-c3ccccc3)cccc21. The summed E-state index contributed by atoms with van der Waals surface area (Å²) in [4.78, 5) is 33.4. The van der Waals surface area contributed by atoms with Crippen LogP contribution in [-0.4, -0.2) is 75.8 Å². The van der Waals surface area contributed by atoms with Crippen LogP contribution in [0.2, 0.25) is 0 Å². The van der Waals surface area contributed by atoms with Crippen LogP contribution in [0.15, 0.2) is 54.9 Å². The molecule has 1 aromatic heterocycles. The number of carbonyl (C=O) groups excluding carboxylic acids is 2. The molecule has 7 rings (SSSR count). The molecule has 2 aliphatic carbocycles. The van der Waals surface area contributed by atoms with Gasteiger partial charge in [-0.2, -0.15) is 0 Å². The Morgan fingerprint density at radius 2 is 1.93 bits per heavy atom. The largest absolute Gasteiger partial charge is 0.493 e. The highest BCUT2D eigenvalue weighted by molar-refractivity contribution is 5.99. The molecule has 0 spiro atoms. The summed E-state index contributed by atoms with van der Waals surface area (Å²) >= 11 is 0. The van der Waals surface area contributed by atoms with Gasteiger partial charge in [0.2, 0.25) is 0 Å². The zero-order valence-corrected chi connectivity index (χ0v) is 25.3. The van der Waals surface area contributed by atoms with E-state index in [1.54, 1.807) is 6.33 Å². The Labute approximate surface area is 259 Å². The summed E-state index contributed by atoms with van der Waals surface area (Å²) in [7, 11) is 0. The number of imidazole rings is 1. The predicted octanol–water partition coefficient (Wildman–Crippen LogP) is 4.37. The first kappa shape index (κ1) is 29.0. The van der Waals surface area contributed by atoms with E-state index in [9.17, 15) is 14.7 Å². The summed E-state index contributed by atoms with van der Waals surface area (Å²) in [5.41, 5.74) is 3.05. The van der Waals surface area contributed by atoms with Crippen molar-refractivity contribution in [3.63, 3.8) is 0 Å². The molecule has 2 aromatic carbocycles. The van der Waals surface area contributed by atoms with Crippen LogP contribution in [0.3, 0.4) is 0 Å². The second-order valence-corrected chi connectivity index (χ2v) is 13.0. The van der Waals surface area contributed by atoms with Crippen molar-refractivity contribution in [3.05, 3.63) is 71.7 Å². The van der Waals surface area contributed by atoms with Crippen molar-refractivity contribution in [2.75, 3.05) is 32.8 Å². The van der Waals surface area contributed by atoms with Gasteiger partial charge in [-0.3, -0.25) is 9.59 Å². The van der Waals surface area contributed by atoms with E-state index in [-0.39, 0.29) is 23.9 Å². The number of ether oxygens (including phenoxy) is 1. The van der Waals surface area contributed by atoms with Gasteiger partial charge in [0.25, 0.3) is 11.8 Å². The first-order valence-corrected chi connectivity index (χ1v) is 16.4. The summed E-state index contributed by atoms with van der Waals surface area (Å²) in [6.45, 7) is 3.02. The van der Waals surface area contributed by atoms with Gasteiger partial charge >= 0.3 is 0 Å². The Balaban J connectivity index is 1.14. The molecule has 4 aliphatic rings. The van der Waals surface area contributed by atoms with Crippen LogP contribution < -0.4 is 15.4 Å². The Morgan fingerprint density at radius 3 is 2.77 bits per heavy atom. The molecule has 2 amide bonds. The number of fused-ring (bicyclic) bond motifs is 1. The molecule has 44 heavy (non-hydrogen) atoms. The lowest BCUT2D eigenvalue weighted by molar-refractivity contribution is -0.0518. The van der Waals surface area contributed by atoms with E-state index in [1.807, 2.05) is 53.4 Å². The van der Waals surface area contributed by atoms with Gasteiger partial charge in [-0.25, -0.2) is 4.98 Å². The molecule has 3 aromatic rings. The minimum Gasteiger partial charge on any atom is -0.493 e. The molecule has 2 saturated carbocycles. The van der Waals surface area contributed by atoms with Gasteiger partial charge in [0.15, 0.2) is 5.69 Å². The molecule has 0 bridgehead atoms. The van der Waals surface area contributed by atoms with E-state index in [4.69, 9.17) is 9.72 Å². The number of rotatable bonds is 9. The number of nitrogens with zero attached hydrogens (tertiary/aromatic N) is 3. The Morgan fingerprint density at radius 1 is 1.07 bits per heavy atom. The van der Waals surface area contributed by atoms with Gasteiger partial charge in [-0.1, -0.05) is 62.1 Å². The lowest BCUT2D eigenvalue weighted by Gasteiger charge is -2.42. The Bertz CT molecular complexity index is 1500. The van der Waals surface area contributed by atoms with E-state index < -0.39 is 5.60 Å². The van der Waals surface area contributed by atoms with Crippen molar-refractivity contribution in [3.8, 4) is 17.0 Å². The maximum atomic E-state index is 14.4. The van der Waals surface area contributed by atoms with Crippen LogP contribution in [-0.2, 0) is 6.42 Å². The first-order valence-electron chi connectivity index (χ1n) is 16.4. The smallest absolute Gasteiger partial charge is 0.275 e. The molecule has 9 nitrogen and oxygen atoms in total. The number of carbonyl (C=O) groups is 2. The Hall–Kier alpha value is -3.69. The number of nitrogens with one attached hydrogen (secondary N) is 2. The fraction of sp³-hybridized carbons (Fsp3) is 0.514. The van der Waals surface area contributed by atoms with Gasteiger partial charge in [0, 0.05) is 55.3 Å². The van der Waals surface area contributed by atoms with Gasteiger partial charge in [0.05, 0.1) is 30.3 Å². The third-order valence-electron chi connectivity index (χ3n) is 10.0. The highest BCUT2D eigenvalue weighted by Crippen LogP contribution is 2.48. The van der Waals surface area contributed by atoms with Crippen molar-refractivity contribution in [2.24, 2.45) is 5.92 Å². The van der Waals surface area contributed by atoms with Crippen LogP contribution in [0.5, 0.6) is 5.75 Å². The number of aliphatic hydroxyl groups is 1. The van der Waals surface area contributed by atoms with Crippen LogP contribution >= 0.6 is 0 Å². The normalized spacial score (nSPS) is 25.3. The van der Waals surface area contributed by atoms with E-state index >= 15 is 0 Å². The summed E-state index contributed by atoms with van der Waals surface area (Å²) in [6.07, 6.45) is 10.2. The number of amides is 2. The molecule has 3 heterocycles. The van der Waals surface area contributed by atoms with Crippen LogP contribution in [0.1, 0.15) is 83.8 Å². The monoisotopic (exact) mass is 597 g/mol. The van der Waals surface area contributed by atoms with E-state index in [0.29, 0.717) is 49.8 Å². The second kappa shape index (κ2) is 12.4. The molecule has 0 unspecified atom stereocenters. The number of hydrogen-bond acceptors (Lipinski definition) is 6. The lowest BCUT2D eigenvalue weighted by Crippen LogP contribution is -2.54. The highest BCUT2D eigenvalue weighted by atomic mass is 16.5. The number of benzene rings is 2. The van der Waals surface area contributed by atoms with Crippen molar-refractivity contribution in [1.29, 1.82) is 0 Å². The topological polar surface area (TPSA) is 109 Å². The summed E-state index contributed by atoms with van der Waals surface area (Å²) in [6, 6.07) is 15.5. The fourth-order valence-corrected chi connectivity index (χ4v) is 7.59. The molecule has 232 valence electrons. The molecule has 0 radical (unpaired) electrons. The Kier molecular flexibility index (Phi) is 8.16. The van der Waals surface area contributed by atoms with Crippen LogP contribution in [0, 0.1) is 5.92 Å². The lowest BCUT2D eigenvalue weighted by atomic mass is 9.76. The maximum absolute atomic E-state index is 14.4. The van der Waals surface area contributed by atoms with Crippen molar-refractivity contribution in [2.45, 2.75) is 75.5 Å². The third kappa shape index (κ3) is 5.75. The van der Waals surface area contributed by atoms with Gasteiger partial charge in [0.1, 0.15) is 5.75 Å². The van der Waals surface area contributed by atoms with Gasteiger partial charge in [-0.05, 0) is 43.7 Å². The van der Waals surface area contributed by atoms with Gasteiger partial charge < -0.3 is 29.9 Å². The predicted molar refractivity (Wildman–Crippen MR) is 168 cm³/mol. The summed E-state index contributed by atoms with van der Waals surface area (Å²) in [5.74, 6) is 1.21. The molecule has 9 heteroatoms. The highest BCUT2D eigenvalue weighted by Gasteiger charge is 2.45. The fourth-order valence-electron chi connectivity index (χ4n) is 7.59. The summed E-state index contributed by atoms with van der Waals surface area (Å²) < 4.78 is 8.36. The molecule has 3 N–H and O–H groups in total. The minimum atomic E-state index is -0.782. The zero-order chi connectivity index (χ0) is 30.1. The van der Waals surface area contributed by atoms with Crippen molar-refractivity contribution >= 4 is 11.8 Å². The van der Waals surface area contributed by atoms with Crippen molar-refractivity contribution < 1.29 is 19.4 Å². The number of piperazine rings is 1. The van der Waals surface area contributed by atoms with E-state index in [2.05, 4.69) is 15.2 Å². The first-order chi connectivity index (χ1) is 21.5. The van der Waals surface area contributed by atoms with E-state index in [1.165, 1.54) is 12.8 Å². The number of hydrogen-bond donors (Lipinski definition) is 3. The molecule has 2 aliphatic heterocycles. The molecule has 3 atom stereocenters. The van der Waals surface area contributed by atoms with E-state index in [0.717, 1.165) is 67.6 Å². The molecule has 1 saturated heterocycles. The average molecular weight is 598 g/mol. The molecule has 3 fully saturated rings. The quantitative estimate of drug-likeness (QED) is 0.338. The minimum absolute atomic E-state index is 0.0576. The standard InChI is InChI=1S/C35H43N5O4/c41-33-28-9-6-10-29(27(28)14-17-37-33)44-20-15-26-22-36-18-19-39(26)34(42)31-32(25-7-2-1-3-8-25)40(23-38-31)30-11-4-5-16-35(30,43)21-24-12-13-24/h1-3,6-10,23-24,26,30,36,43H,4-5,11-22H2,(H,37,41)/t26-,30-,35-/m1/s1.